The third-order valence-electron chi connectivity index (χ3n) is 4.18. The molecule has 0 saturated carbocycles. The van der Waals surface area contributed by atoms with Crippen molar-refractivity contribution in [3.8, 4) is 0 Å². The Balaban J connectivity index is 0.00000171. The number of thioether (sulfide) groups is 1. The molecule has 0 aromatic carbocycles. The Morgan fingerprint density at radius 2 is 1.84 bits per heavy atom. The van der Waals surface area contributed by atoms with Crippen molar-refractivity contribution in [1.82, 2.24) is 10.6 Å². The molecule has 16 heteroatoms. The van der Waals surface area contributed by atoms with E-state index in [1.807, 2.05) is 23.2 Å². The van der Waals surface area contributed by atoms with E-state index in [0.29, 0.717) is 12.2 Å². The van der Waals surface area contributed by atoms with Gasteiger partial charge in [0, 0.05) is 12.3 Å². The number of carbonyl (C=O) groups excluding carboxylic acids is 3. The summed E-state index contributed by atoms with van der Waals surface area (Å²) in [6.45, 7) is 2.69. The van der Waals surface area contributed by atoms with Crippen LogP contribution in [-0.2, 0) is 35.1 Å². The van der Waals surface area contributed by atoms with E-state index in [1.54, 1.807) is 39.8 Å². The number of esters is 2. The molecule has 1 aromatic rings. The fourth-order valence-electron chi connectivity index (χ4n) is 2.39. The third kappa shape index (κ3) is 20.4. The number of alkyl halides is 3. The summed E-state index contributed by atoms with van der Waals surface area (Å²) in [6.07, 6.45) is -1.15. The maximum Gasteiger partial charge on any atom is 0.490 e. The largest absolute Gasteiger partial charge is 0.490 e. The summed E-state index contributed by atoms with van der Waals surface area (Å²) < 4.78 is 41.3. The molecule has 0 spiro atoms. The molecule has 38 heavy (non-hydrogen) atoms. The van der Waals surface area contributed by atoms with Crippen molar-refractivity contribution in [2.45, 2.75) is 32.4 Å². The van der Waals surface area contributed by atoms with Crippen molar-refractivity contribution in [3.63, 3.8) is 0 Å². The van der Waals surface area contributed by atoms with Crippen LogP contribution >= 0.6 is 44.7 Å². The Hall–Kier alpha value is -1.62. The minimum Gasteiger partial charge on any atom is -0.475 e. The van der Waals surface area contributed by atoms with Crippen LogP contribution in [-0.4, -0.2) is 85.0 Å². The van der Waals surface area contributed by atoms with Crippen LogP contribution in [0, 0.1) is 5.92 Å². The second-order valence-corrected chi connectivity index (χ2v) is 11.5. The Morgan fingerprint density at radius 3 is 2.42 bits per heavy atom. The lowest BCUT2D eigenvalue weighted by atomic mass is 10.0. The predicted molar refractivity (Wildman–Crippen MR) is 146 cm³/mol. The standard InChI is InChI=1S/C20H32N2O5S4.C2HF3O2/c1-3-26-19(24)12-27-18(23)5-8-22-20(25)17(11-16-6-10-29-13-16)14-30-31-15-21-7-4-9-28-2;3-2(4,5)1(6)7/h6,10,13,17,21H,3-5,7-9,11-12,14-15H2,1-2H3,(H,22,25);(H,6,7). The average molecular weight is 623 g/mol. The van der Waals surface area contributed by atoms with Crippen molar-refractivity contribution in [1.29, 1.82) is 0 Å². The van der Waals surface area contributed by atoms with Crippen molar-refractivity contribution in [2.24, 2.45) is 5.92 Å². The minimum atomic E-state index is -5.08. The van der Waals surface area contributed by atoms with Crippen LogP contribution in [0.5, 0.6) is 0 Å². The molecule has 1 heterocycles. The van der Waals surface area contributed by atoms with Crippen molar-refractivity contribution in [3.05, 3.63) is 22.4 Å². The fourth-order valence-corrected chi connectivity index (χ4v) is 5.63. The van der Waals surface area contributed by atoms with Crippen LogP contribution in [0.4, 0.5) is 13.2 Å². The Morgan fingerprint density at radius 1 is 1.13 bits per heavy atom. The first-order valence-electron chi connectivity index (χ1n) is 11.3. The molecule has 0 aliphatic rings. The highest BCUT2D eigenvalue weighted by Gasteiger charge is 2.38. The molecule has 1 aromatic heterocycles. The van der Waals surface area contributed by atoms with E-state index < -0.39 is 30.7 Å². The van der Waals surface area contributed by atoms with Gasteiger partial charge in [-0.25, -0.2) is 9.59 Å². The topological polar surface area (TPSA) is 131 Å². The maximum atomic E-state index is 12.7. The second-order valence-electron chi connectivity index (χ2n) is 7.24. The zero-order chi connectivity index (χ0) is 28.8. The van der Waals surface area contributed by atoms with E-state index in [9.17, 15) is 27.6 Å². The average Bonchev–Trinajstić information content (AvgIpc) is 3.37. The van der Waals surface area contributed by atoms with E-state index in [0.717, 1.165) is 30.2 Å². The van der Waals surface area contributed by atoms with Gasteiger partial charge in [0.25, 0.3) is 0 Å². The van der Waals surface area contributed by atoms with E-state index in [1.165, 1.54) is 0 Å². The Labute approximate surface area is 236 Å². The van der Waals surface area contributed by atoms with Crippen LogP contribution in [0.15, 0.2) is 16.8 Å². The molecule has 9 nitrogen and oxygen atoms in total. The molecule has 0 fully saturated rings. The second kappa shape index (κ2) is 22.2. The Kier molecular flexibility index (Phi) is 21.3. The quantitative estimate of drug-likeness (QED) is 0.0956. The minimum absolute atomic E-state index is 0.0121. The first-order valence-corrected chi connectivity index (χ1v) is 16.2. The van der Waals surface area contributed by atoms with Gasteiger partial charge in [0.15, 0.2) is 6.61 Å². The SMILES string of the molecule is CCOC(=O)COC(=O)CCNC(=O)C(CSSCNCCCSC)Cc1ccsc1.O=C(O)C(F)(F)F. The molecule has 1 amide bonds. The van der Waals surface area contributed by atoms with Crippen molar-refractivity contribution < 1.29 is 46.9 Å². The van der Waals surface area contributed by atoms with Gasteiger partial charge in [0.2, 0.25) is 5.91 Å². The van der Waals surface area contributed by atoms with Crippen LogP contribution in [0.3, 0.4) is 0 Å². The van der Waals surface area contributed by atoms with Gasteiger partial charge in [-0.05, 0) is 60.7 Å². The fraction of sp³-hybridized carbons (Fsp3) is 0.636. The number of hydrogen-bond acceptors (Lipinski definition) is 11. The Bertz CT molecular complexity index is 815. The molecule has 0 radical (unpaired) electrons. The number of ether oxygens (including phenoxy) is 2. The highest BCUT2D eigenvalue weighted by molar-refractivity contribution is 8.76. The maximum absolute atomic E-state index is 12.7. The summed E-state index contributed by atoms with van der Waals surface area (Å²) in [4.78, 5) is 44.5. The number of halogens is 3. The van der Waals surface area contributed by atoms with Crippen molar-refractivity contribution >= 4 is 68.5 Å². The lowest BCUT2D eigenvalue weighted by molar-refractivity contribution is -0.192. The van der Waals surface area contributed by atoms with Gasteiger partial charge < -0.3 is 25.2 Å². The summed E-state index contributed by atoms with van der Waals surface area (Å²) in [6, 6.07) is 2.03. The normalized spacial score (nSPS) is 11.6. The third-order valence-corrected chi connectivity index (χ3v) is 7.89. The summed E-state index contributed by atoms with van der Waals surface area (Å²) in [5, 5.41) is 17.4. The van der Waals surface area contributed by atoms with Gasteiger partial charge >= 0.3 is 24.1 Å². The molecule has 3 N–H and O–H groups in total. The number of hydrogen-bond donors (Lipinski definition) is 3. The predicted octanol–water partition coefficient (Wildman–Crippen LogP) is 3.83. The monoisotopic (exact) mass is 622 g/mol. The number of thiophene rings is 1. The van der Waals surface area contributed by atoms with E-state index in [-0.39, 0.29) is 31.4 Å². The molecule has 0 aliphatic heterocycles. The zero-order valence-corrected chi connectivity index (χ0v) is 24.3. The van der Waals surface area contributed by atoms with Crippen LogP contribution < -0.4 is 10.6 Å². The molecule has 1 unspecified atom stereocenters. The molecule has 1 rings (SSSR count). The number of carbonyl (C=O) groups is 4. The highest BCUT2D eigenvalue weighted by Crippen LogP contribution is 2.25. The van der Waals surface area contributed by atoms with Gasteiger partial charge in [-0.15, -0.1) is 0 Å². The summed E-state index contributed by atoms with van der Waals surface area (Å²) in [5.74, 6) is -1.45. The molecule has 0 bridgehead atoms. The van der Waals surface area contributed by atoms with Gasteiger partial charge in [-0.3, -0.25) is 9.59 Å². The van der Waals surface area contributed by atoms with Gasteiger partial charge in [-0.2, -0.15) is 36.3 Å². The van der Waals surface area contributed by atoms with Gasteiger partial charge in [-0.1, -0.05) is 21.6 Å². The molecular weight excluding hydrogens is 590 g/mol. The molecule has 218 valence electrons. The first kappa shape index (κ1) is 36.4. The van der Waals surface area contributed by atoms with E-state index >= 15 is 0 Å². The van der Waals surface area contributed by atoms with Crippen LogP contribution in [0.2, 0.25) is 0 Å². The molecule has 0 saturated heterocycles. The number of carboxylic acid groups (broad SMARTS) is 1. The van der Waals surface area contributed by atoms with Gasteiger partial charge in [0.1, 0.15) is 0 Å². The van der Waals surface area contributed by atoms with E-state index in [4.69, 9.17) is 19.4 Å². The van der Waals surface area contributed by atoms with E-state index in [2.05, 4.69) is 22.3 Å². The first-order chi connectivity index (χ1) is 18.0. The van der Waals surface area contributed by atoms with Gasteiger partial charge in [0.05, 0.1) is 24.8 Å². The highest BCUT2D eigenvalue weighted by atomic mass is 33.1. The zero-order valence-electron chi connectivity index (χ0n) is 21.0. The number of rotatable bonds is 18. The van der Waals surface area contributed by atoms with Crippen LogP contribution in [0.1, 0.15) is 25.3 Å². The smallest absolute Gasteiger partial charge is 0.475 e. The number of aliphatic carboxylic acids is 1. The number of carboxylic acids is 1. The van der Waals surface area contributed by atoms with Crippen LogP contribution in [0.25, 0.3) is 0 Å². The van der Waals surface area contributed by atoms with Crippen molar-refractivity contribution in [2.75, 3.05) is 49.9 Å². The summed E-state index contributed by atoms with van der Waals surface area (Å²) in [5.41, 5.74) is 1.14. The lowest BCUT2D eigenvalue weighted by Crippen LogP contribution is -2.35. The number of nitrogens with one attached hydrogen (secondary N) is 2. The molecular formula is C22H33F3N2O7S4. The molecule has 1 atom stereocenters. The molecule has 0 aliphatic carbocycles. The lowest BCUT2D eigenvalue weighted by Gasteiger charge is -2.16. The number of amides is 1. The summed E-state index contributed by atoms with van der Waals surface area (Å²) >= 11 is 3.46. The summed E-state index contributed by atoms with van der Waals surface area (Å²) in [7, 11) is 3.39.